The first-order chi connectivity index (χ1) is 15.7. The summed E-state index contributed by atoms with van der Waals surface area (Å²) in [5.41, 5.74) is 0. The van der Waals surface area contributed by atoms with Crippen LogP contribution in [-0.2, 0) is 23.3 Å². The molecule has 0 atom stereocenters. The third kappa shape index (κ3) is 7.06. The third-order valence-corrected chi connectivity index (χ3v) is 8.86. The molecule has 0 aliphatic heterocycles. The van der Waals surface area contributed by atoms with Crippen LogP contribution in [0.1, 0.15) is 13.3 Å². The predicted octanol–water partition coefficient (Wildman–Crippen LogP) is 3.10. The van der Waals surface area contributed by atoms with Crippen molar-refractivity contribution in [1.29, 1.82) is 0 Å². The molecule has 0 bridgehead atoms. The smallest absolute Gasteiger partial charge is 0.0771 e. The van der Waals surface area contributed by atoms with Gasteiger partial charge in [0.05, 0.1) is 0 Å². The molecule has 0 aliphatic carbocycles. The molecule has 0 N–H and O–H groups in total. The Balaban J connectivity index is 0.000000187. The topological polar surface area (TPSA) is 0 Å². The van der Waals surface area contributed by atoms with Gasteiger partial charge in [-0.2, -0.15) is 0 Å². The number of hydrogen-bond donors (Lipinski definition) is 0. The van der Waals surface area contributed by atoms with Gasteiger partial charge in [-0.1, -0.05) is 72.8 Å². The second-order valence-corrected chi connectivity index (χ2v) is 17.3. The fourth-order valence-electron chi connectivity index (χ4n) is 4.03. The van der Waals surface area contributed by atoms with Crippen molar-refractivity contribution < 1.29 is 48.1 Å². The maximum atomic E-state index is 5.72. The van der Waals surface area contributed by atoms with Crippen LogP contribution in [0.4, 0.5) is 0 Å². The molecule has 172 valence electrons. The molecule has 6 aromatic carbocycles. The van der Waals surface area contributed by atoms with E-state index in [4.69, 9.17) is 11.1 Å². The molecule has 0 saturated heterocycles. The summed E-state index contributed by atoms with van der Waals surface area (Å²) in [6.07, 6.45) is 1.27. The Hall–Kier alpha value is -1.41. The average Bonchev–Trinajstić information content (AvgIpc) is 3.38. The van der Waals surface area contributed by atoms with Crippen LogP contribution in [0.15, 0.2) is 109 Å². The van der Waals surface area contributed by atoms with E-state index in [2.05, 4.69) is 116 Å². The van der Waals surface area contributed by atoms with Crippen LogP contribution in [-0.4, -0.2) is 4.74 Å². The molecule has 0 spiro atoms. The van der Waals surface area contributed by atoms with Crippen LogP contribution in [0.3, 0.4) is 0 Å². The summed E-state index contributed by atoms with van der Waals surface area (Å²) in [6.45, 7) is 2.18. The number of hydrogen-bond acceptors (Lipinski definition) is 0. The van der Waals surface area contributed by atoms with E-state index in [-0.39, 0.29) is 29.6 Å². The predicted molar refractivity (Wildman–Crippen MR) is 141 cm³/mol. The first-order valence-corrected chi connectivity index (χ1v) is 17.4. The average molecular weight is 599 g/mol. The molecular weight excluding hydrogens is 574 g/mol. The molecule has 6 rings (SSSR count). The number of halogens is 3. The van der Waals surface area contributed by atoms with Crippen molar-refractivity contribution in [3.63, 3.8) is 0 Å². The molecule has 5 heteroatoms. The summed E-state index contributed by atoms with van der Waals surface area (Å²) in [7, 11) is 0. The molecule has 34 heavy (non-hydrogen) atoms. The van der Waals surface area contributed by atoms with E-state index in [0.29, 0.717) is 0 Å². The fourth-order valence-corrected chi connectivity index (χ4v) is 6.88. The first kappa shape index (κ1) is 28.8. The van der Waals surface area contributed by atoms with Crippen LogP contribution in [0.2, 0.25) is 6.04 Å². The molecule has 0 aliphatic rings. The number of rotatable bonds is 2. The molecule has 0 fully saturated rings. The monoisotopic (exact) mass is 596 g/mol. The summed E-state index contributed by atoms with van der Waals surface area (Å²) < 4.78 is -0.323. The Labute approximate surface area is 233 Å². The second kappa shape index (κ2) is 14.2. The van der Waals surface area contributed by atoms with Gasteiger partial charge in [-0.25, -0.2) is 0 Å². The van der Waals surface area contributed by atoms with Crippen LogP contribution in [0.5, 0.6) is 0 Å². The van der Waals surface area contributed by atoms with Crippen LogP contribution < -0.4 is 24.8 Å². The molecule has 0 nitrogen and oxygen atoms in total. The summed E-state index contributed by atoms with van der Waals surface area (Å²) in [6, 6.07) is 39.8. The van der Waals surface area contributed by atoms with E-state index in [1.807, 2.05) is 0 Å². The third-order valence-electron chi connectivity index (χ3n) is 5.52. The van der Waals surface area contributed by atoms with Crippen LogP contribution in [0, 0.1) is 0 Å². The fraction of sp³-hybridized carbons (Fsp3) is 0.103. The Bertz CT molecular complexity index is 1280. The van der Waals surface area contributed by atoms with Crippen molar-refractivity contribution in [2.24, 2.45) is 0 Å². The van der Waals surface area contributed by atoms with E-state index in [1.54, 1.807) is 23.3 Å². The maximum Gasteiger partial charge on any atom is -0.0771 e. The van der Waals surface area contributed by atoms with E-state index >= 15 is 0 Å². The zero-order valence-corrected chi connectivity index (χ0v) is 24.7. The van der Waals surface area contributed by atoms with Gasteiger partial charge in [-0.3, -0.25) is 0 Å². The van der Waals surface area contributed by atoms with Gasteiger partial charge in [0.1, 0.15) is 0 Å². The van der Waals surface area contributed by atoms with Gasteiger partial charge < -0.3 is 24.8 Å². The number of benzene rings is 4. The van der Waals surface area contributed by atoms with Gasteiger partial charge in [0.25, 0.3) is 0 Å². The Morgan fingerprint density at radius 3 is 1.06 bits per heavy atom. The van der Waals surface area contributed by atoms with Crippen LogP contribution in [0.25, 0.3) is 43.1 Å². The Kier molecular flexibility index (Phi) is 12.1. The number of fused-ring (bicyclic) bond motifs is 6. The van der Waals surface area contributed by atoms with Gasteiger partial charge in [-0.05, 0) is 0 Å². The molecular formula is C29H25Cl3SiZr-2. The standard InChI is InChI=1S/2C13H9.C3H7ClSi.2ClH.Zr/c2*1-3-7-12-10(5-1)9-11-6-2-4-8-13(11)12;1-2-3-5-4;;;/h2*1-9H;2-3H2,1H3;2*1H;/q2*-1;;;;+2/p-2. The molecule has 0 radical (unpaired) electrons. The molecule has 0 aromatic heterocycles. The minimum Gasteiger partial charge on any atom is -1.00 e. The zero-order valence-electron chi connectivity index (χ0n) is 18.9. The minimum atomic E-state index is -0.323. The van der Waals surface area contributed by atoms with E-state index in [1.165, 1.54) is 55.6 Å². The van der Waals surface area contributed by atoms with Crippen molar-refractivity contribution in [3.05, 3.63) is 109 Å². The summed E-state index contributed by atoms with van der Waals surface area (Å²) in [4.78, 5) is 0. The normalized spacial score (nSPS) is 10.0. The van der Waals surface area contributed by atoms with Crippen molar-refractivity contribution in [3.8, 4) is 0 Å². The minimum absolute atomic E-state index is 0. The molecule has 0 heterocycles. The van der Waals surface area contributed by atoms with Gasteiger partial charge in [0.15, 0.2) is 0 Å². The van der Waals surface area contributed by atoms with Crippen LogP contribution >= 0.6 is 11.1 Å². The molecule has 0 unspecified atom stereocenters. The van der Waals surface area contributed by atoms with Gasteiger partial charge in [0, 0.05) is 0 Å². The molecule has 0 saturated carbocycles. The van der Waals surface area contributed by atoms with Crippen molar-refractivity contribution in [1.82, 2.24) is 0 Å². The van der Waals surface area contributed by atoms with E-state index in [9.17, 15) is 0 Å². The summed E-state index contributed by atoms with van der Waals surface area (Å²) in [5.74, 6) is 0. The summed E-state index contributed by atoms with van der Waals surface area (Å²) in [5, 5.41) is 10.8. The quantitative estimate of drug-likeness (QED) is 0.163. The maximum absolute atomic E-state index is 5.72. The molecule has 6 aromatic rings. The summed E-state index contributed by atoms with van der Waals surface area (Å²) >= 11 is 7.27. The van der Waals surface area contributed by atoms with Crippen molar-refractivity contribution >= 4 is 58.9 Å². The van der Waals surface area contributed by atoms with Gasteiger partial charge >= 0.3 is 58.5 Å². The Morgan fingerprint density at radius 2 is 0.853 bits per heavy atom. The van der Waals surface area contributed by atoms with E-state index < -0.39 is 0 Å². The SMILES string of the molecule is CCC[Si](Cl)=[Zr+2].[Cl-].[Cl-].c1ccc2c(c1)[cH-]c1ccccc12.c1ccc2c(c1)[cH-]c1ccccc12. The largest absolute Gasteiger partial charge is 1.00 e. The van der Waals surface area contributed by atoms with Crippen molar-refractivity contribution in [2.75, 3.05) is 0 Å². The van der Waals surface area contributed by atoms with Gasteiger partial charge in [0.2, 0.25) is 0 Å². The van der Waals surface area contributed by atoms with Gasteiger partial charge in [-0.15, -0.1) is 79.5 Å². The van der Waals surface area contributed by atoms with E-state index in [0.717, 1.165) is 0 Å². The molecule has 0 amide bonds. The van der Waals surface area contributed by atoms with Crippen molar-refractivity contribution in [2.45, 2.75) is 19.4 Å². The first-order valence-electron chi connectivity index (χ1n) is 11.0. The Morgan fingerprint density at radius 1 is 0.588 bits per heavy atom. The second-order valence-electron chi connectivity index (χ2n) is 7.79. The zero-order chi connectivity index (χ0) is 22.3.